The lowest BCUT2D eigenvalue weighted by molar-refractivity contribution is -0.127. The molecule has 2 aromatic rings. The molecule has 0 spiro atoms. The summed E-state index contributed by atoms with van der Waals surface area (Å²) in [5.74, 6) is 2.06. The van der Waals surface area contributed by atoms with E-state index in [1.165, 1.54) is 25.7 Å². The summed E-state index contributed by atoms with van der Waals surface area (Å²) in [5, 5.41) is 3.79. The summed E-state index contributed by atoms with van der Waals surface area (Å²) in [6, 6.07) is 16.2. The van der Waals surface area contributed by atoms with E-state index < -0.39 is 0 Å². The molecule has 0 radical (unpaired) electrons. The molecule has 0 saturated carbocycles. The Morgan fingerprint density at radius 1 is 0.833 bits per heavy atom. The van der Waals surface area contributed by atoms with Crippen molar-refractivity contribution in [3.63, 3.8) is 0 Å². The van der Waals surface area contributed by atoms with Crippen LogP contribution >= 0.6 is 0 Å². The third-order valence-corrected chi connectivity index (χ3v) is 6.21. The second-order valence-corrected chi connectivity index (χ2v) is 8.22. The SMILES string of the molecule is CCCCCCCC1C(=O)CC(c2ccc(OC)cc2)NC1c1ccc(OC)cc1. The molecule has 0 aliphatic carbocycles. The number of nitrogens with one attached hydrogen (secondary N) is 1. The maximum Gasteiger partial charge on any atom is 0.139 e. The molecule has 3 unspecified atom stereocenters. The van der Waals surface area contributed by atoms with E-state index in [0.29, 0.717) is 12.2 Å². The van der Waals surface area contributed by atoms with Crippen LogP contribution in [0.1, 0.15) is 75.1 Å². The molecule has 1 saturated heterocycles. The van der Waals surface area contributed by atoms with Crippen molar-refractivity contribution in [2.24, 2.45) is 5.92 Å². The summed E-state index contributed by atoms with van der Waals surface area (Å²) in [6.45, 7) is 2.23. The van der Waals surface area contributed by atoms with Crippen LogP contribution in [0.5, 0.6) is 11.5 Å². The number of ether oxygens (including phenoxy) is 2. The highest BCUT2D eigenvalue weighted by atomic mass is 16.5. The topological polar surface area (TPSA) is 47.6 Å². The number of methoxy groups -OCH3 is 2. The quantitative estimate of drug-likeness (QED) is 0.487. The lowest BCUT2D eigenvalue weighted by Crippen LogP contribution is -2.42. The molecule has 0 amide bonds. The van der Waals surface area contributed by atoms with E-state index in [2.05, 4.69) is 36.5 Å². The molecule has 0 aromatic heterocycles. The van der Waals surface area contributed by atoms with E-state index in [9.17, 15) is 4.79 Å². The maximum absolute atomic E-state index is 13.2. The first-order valence-electron chi connectivity index (χ1n) is 11.2. The second-order valence-electron chi connectivity index (χ2n) is 8.22. The Morgan fingerprint density at radius 3 is 1.97 bits per heavy atom. The van der Waals surface area contributed by atoms with Gasteiger partial charge in [-0.2, -0.15) is 0 Å². The van der Waals surface area contributed by atoms with Gasteiger partial charge in [-0.05, 0) is 41.8 Å². The van der Waals surface area contributed by atoms with Gasteiger partial charge in [0.1, 0.15) is 17.3 Å². The minimum atomic E-state index is 0.0202. The first kappa shape index (κ1) is 22.4. The van der Waals surface area contributed by atoms with Crippen LogP contribution in [0.3, 0.4) is 0 Å². The molecule has 30 heavy (non-hydrogen) atoms. The van der Waals surface area contributed by atoms with E-state index in [1.807, 2.05) is 24.3 Å². The highest BCUT2D eigenvalue weighted by Gasteiger charge is 2.37. The molecule has 1 aliphatic heterocycles. The third kappa shape index (κ3) is 5.63. The number of rotatable bonds is 10. The molecule has 4 heteroatoms. The van der Waals surface area contributed by atoms with Crippen LogP contribution in [0.15, 0.2) is 48.5 Å². The molecular formula is C26H35NO3. The molecular weight excluding hydrogens is 374 g/mol. The lowest BCUT2D eigenvalue weighted by Gasteiger charge is -2.37. The first-order chi connectivity index (χ1) is 14.7. The summed E-state index contributed by atoms with van der Waals surface area (Å²) in [4.78, 5) is 13.2. The molecule has 0 bridgehead atoms. The van der Waals surface area contributed by atoms with Gasteiger partial charge in [-0.3, -0.25) is 4.79 Å². The van der Waals surface area contributed by atoms with Gasteiger partial charge in [0.25, 0.3) is 0 Å². The summed E-state index contributed by atoms with van der Waals surface area (Å²) >= 11 is 0. The summed E-state index contributed by atoms with van der Waals surface area (Å²) in [7, 11) is 3.35. The Kier molecular flexibility index (Phi) is 8.32. The largest absolute Gasteiger partial charge is 0.497 e. The lowest BCUT2D eigenvalue weighted by atomic mass is 9.78. The Bertz CT molecular complexity index is 785. The number of hydrogen-bond acceptors (Lipinski definition) is 4. The standard InChI is InChI=1S/C26H35NO3/c1-4-5-6-7-8-9-23-25(28)18-24(19-10-14-21(29-2)15-11-19)27-26(23)20-12-16-22(30-3)17-13-20/h10-17,23-24,26-27H,4-9,18H2,1-3H3. The predicted octanol–water partition coefficient (Wildman–Crippen LogP) is 6.03. The number of unbranched alkanes of at least 4 members (excludes halogenated alkanes) is 4. The minimum absolute atomic E-state index is 0.0202. The Balaban J connectivity index is 1.78. The highest BCUT2D eigenvalue weighted by Crippen LogP contribution is 2.38. The van der Waals surface area contributed by atoms with Crippen molar-refractivity contribution in [3.8, 4) is 11.5 Å². The number of ketones is 1. The molecule has 1 N–H and O–H groups in total. The number of carbonyl (C=O) groups excluding carboxylic acids is 1. The minimum Gasteiger partial charge on any atom is -0.497 e. The van der Waals surface area contributed by atoms with Crippen molar-refractivity contribution in [2.75, 3.05) is 14.2 Å². The van der Waals surface area contributed by atoms with Gasteiger partial charge in [-0.25, -0.2) is 0 Å². The summed E-state index contributed by atoms with van der Waals surface area (Å²) in [5.41, 5.74) is 2.28. The number of carbonyl (C=O) groups is 1. The van der Waals surface area contributed by atoms with E-state index in [4.69, 9.17) is 9.47 Å². The zero-order valence-corrected chi connectivity index (χ0v) is 18.5. The van der Waals surface area contributed by atoms with Crippen molar-refractivity contribution < 1.29 is 14.3 Å². The zero-order chi connectivity index (χ0) is 21.3. The number of hydrogen-bond donors (Lipinski definition) is 1. The number of benzene rings is 2. The van der Waals surface area contributed by atoms with Gasteiger partial charge in [-0.1, -0.05) is 63.3 Å². The molecule has 1 fully saturated rings. The van der Waals surface area contributed by atoms with Gasteiger partial charge in [0, 0.05) is 24.4 Å². The molecule has 3 rings (SSSR count). The average Bonchev–Trinajstić information content (AvgIpc) is 2.79. The van der Waals surface area contributed by atoms with Crippen molar-refractivity contribution in [1.82, 2.24) is 5.32 Å². The number of Topliss-reactive ketones (excluding diaryl/α,β-unsaturated/α-hetero) is 1. The van der Waals surface area contributed by atoms with Gasteiger partial charge in [-0.15, -0.1) is 0 Å². The fraction of sp³-hybridized carbons (Fsp3) is 0.500. The van der Waals surface area contributed by atoms with Crippen LogP contribution in [0.2, 0.25) is 0 Å². The Labute approximate surface area is 181 Å². The maximum atomic E-state index is 13.2. The Hall–Kier alpha value is -2.33. The van der Waals surface area contributed by atoms with Crippen LogP contribution in [0.4, 0.5) is 0 Å². The van der Waals surface area contributed by atoms with Gasteiger partial charge in [0.15, 0.2) is 0 Å². The summed E-state index contributed by atoms with van der Waals surface area (Å²) in [6.07, 6.45) is 7.57. The molecule has 1 heterocycles. The molecule has 4 nitrogen and oxygen atoms in total. The fourth-order valence-electron chi connectivity index (χ4n) is 4.42. The molecule has 3 atom stereocenters. The van der Waals surface area contributed by atoms with Crippen LogP contribution < -0.4 is 14.8 Å². The van der Waals surface area contributed by atoms with Crippen molar-refractivity contribution >= 4 is 5.78 Å². The molecule has 1 aliphatic rings. The number of piperidine rings is 1. The Morgan fingerprint density at radius 2 is 1.40 bits per heavy atom. The van der Waals surface area contributed by atoms with Gasteiger partial charge in [0.05, 0.1) is 14.2 Å². The highest BCUT2D eigenvalue weighted by molar-refractivity contribution is 5.83. The molecule has 2 aromatic carbocycles. The van der Waals surface area contributed by atoms with E-state index in [1.54, 1.807) is 14.2 Å². The fourth-order valence-corrected chi connectivity index (χ4v) is 4.42. The van der Waals surface area contributed by atoms with Crippen molar-refractivity contribution in [2.45, 2.75) is 64.0 Å². The normalized spacial score (nSPS) is 21.4. The van der Waals surface area contributed by atoms with Crippen LogP contribution in [0, 0.1) is 5.92 Å². The summed E-state index contributed by atoms with van der Waals surface area (Å²) < 4.78 is 10.6. The van der Waals surface area contributed by atoms with Gasteiger partial charge < -0.3 is 14.8 Å². The molecule has 162 valence electrons. The smallest absolute Gasteiger partial charge is 0.139 e. The van der Waals surface area contributed by atoms with Crippen molar-refractivity contribution in [1.29, 1.82) is 0 Å². The van der Waals surface area contributed by atoms with Crippen LogP contribution in [-0.2, 0) is 4.79 Å². The van der Waals surface area contributed by atoms with E-state index in [-0.39, 0.29) is 18.0 Å². The van der Waals surface area contributed by atoms with Crippen LogP contribution in [-0.4, -0.2) is 20.0 Å². The van der Waals surface area contributed by atoms with E-state index >= 15 is 0 Å². The predicted molar refractivity (Wildman–Crippen MR) is 121 cm³/mol. The zero-order valence-electron chi connectivity index (χ0n) is 18.5. The average molecular weight is 410 g/mol. The van der Waals surface area contributed by atoms with Crippen molar-refractivity contribution in [3.05, 3.63) is 59.7 Å². The monoisotopic (exact) mass is 409 g/mol. The third-order valence-electron chi connectivity index (χ3n) is 6.21. The van der Waals surface area contributed by atoms with E-state index in [0.717, 1.165) is 35.5 Å². The van der Waals surface area contributed by atoms with Gasteiger partial charge >= 0.3 is 0 Å². The van der Waals surface area contributed by atoms with Crippen LogP contribution in [0.25, 0.3) is 0 Å². The first-order valence-corrected chi connectivity index (χ1v) is 11.2. The second kappa shape index (κ2) is 11.2. The van der Waals surface area contributed by atoms with Gasteiger partial charge in [0.2, 0.25) is 0 Å².